The Balaban J connectivity index is 1.19. The van der Waals surface area contributed by atoms with Crippen molar-refractivity contribution in [3.05, 3.63) is 24.0 Å². The third-order valence-corrected chi connectivity index (χ3v) is 7.60. The van der Waals surface area contributed by atoms with Crippen LogP contribution in [0.4, 0.5) is 17.6 Å². The predicted molar refractivity (Wildman–Crippen MR) is 102 cm³/mol. The van der Waals surface area contributed by atoms with Crippen LogP contribution in [0, 0.1) is 17.3 Å². The summed E-state index contributed by atoms with van der Waals surface area (Å²) < 4.78 is 0. The Bertz CT molecular complexity index is 854. The SMILES string of the molecule is OCC12CCC(C1)N(c1nccc(Nc3cc(C4C5CCC4C5)[nH]n3)n1)C2. The van der Waals surface area contributed by atoms with E-state index >= 15 is 0 Å². The maximum atomic E-state index is 9.78. The van der Waals surface area contributed by atoms with Gasteiger partial charge in [-0.1, -0.05) is 0 Å². The van der Waals surface area contributed by atoms with E-state index in [4.69, 9.17) is 4.98 Å². The van der Waals surface area contributed by atoms with Crippen LogP contribution in [0.2, 0.25) is 0 Å². The molecule has 4 aliphatic carbocycles. The molecular formula is C20H26N6O. The van der Waals surface area contributed by atoms with Crippen molar-refractivity contribution in [2.75, 3.05) is 23.4 Å². The van der Waals surface area contributed by atoms with E-state index in [0.29, 0.717) is 12.0 Å². The van der Waals surface area contributed by atoms with E-state index in [9.17, 15) is 5.11 Å². The molecule has 142 valence electrons. The molecule has 4 unspecified atom stereocenters. The smallest absolute Gasteiger partial charge is 0.227 e. The summed E-state index contributed by atoms with van der Waals surface area (Å²) in [4.78, 5) is 11.5. The van der Waals surface area contributed by atoms with Crippen molar-refractivity contribution < 1.29 is 5.11 Å². The summed E-state index contributed by atoms with van der Waals surface area (Å²) in [6.45, 7) is 1.12. The van der Waals surface area contributed by atoms with Crippen LogP contribution < -0.4 is 10.2 Å². The molecule has 1 saturated heterocycles. The Morgan fingerprint density at radius 1 is 1.26 bits per heavy atom. The molecule has 0 aromatic carbocycles. The molecule has 4 saturated carbocycles. The predicted octanol–water partition coefficient (Wildman–Crippen LogP) is 2.81. The number of H-pyrrole nitrogens is 1. The molecule has 0 spiro atoms. The molecule has 7 rings (SSSR count). The summed E-state index contributed by atoms with van der Waals surface area (Å²) in [7, 11) is 0. The van der Waals surface area contributed by atoms with Crippen molar-refractivity contribution in [1.29, 1.82) is 0 Å². The first-order valence-electron chi connectivity index (χ1n) is 10.3. The van der Waals surface area contributed by atoms with Gasteiger partial charge >= 0.3 is 0 Å². The zero-order valence-corrected chi connectivity index (χ0v) is 15.4. The molecule has 7 heteroatoms. The quantitative estimate of drug-likeness (QED) is 0.754. The van der Waals surface area contributed by atoms with Gasteiger partial charge in [0.2, 0.25) is 5.95 Å². The first-order chi connectivity index (χ1) is 13.2. The molecule has 27 heavy (non-hydrogen) atoms. The average Bonchev–Trinajstić information content (AvgIpc) is 3.47. The van der Waals surface area contributed by atoms with E-state index in [1.165, 1.54) is 25.0 Å². The number of hydrogen-bond donors (Lipinski definition) is 3. The molecule has 2 aromatic rings. The Morgan fingerprint density at radius 3 is 2.93 bits per heavy atom. The monoisotopic (exact) mass is 366 g/mol. The van der Waals surface area contributed by atoms with Crippen LogP contribution in [0.1, 0.15) is 50.1 Å². The lowest BCUT2D eigenvalue weighted by atomic mass is 9.70. The Labute approximate surface area is 158 Å². The number of aliphatic hydroxyl groups is 1. The zero-order valence-electron chi connectivity index (χ0n) is 15.4. The lowest BCUT2D eigenvalue weighted by molar-refractivity contribution is 0.148. The molecule has 3 N–H and O–H groups in total. The van der Waals surface area contributed by atoms with Gasteiger partial charge in [-0.2, -0.15) is 10.1 Å². The number of nitrogens with one attached hydrogen (secondary N) is 2. The van der Waals surface area contributed by atoms with Crippen LogP contribution in [-0.4, -0.2) is 44.5 Å². The summed E-state index contributed by atoms with van der Waals surface area (Å²) in [5, 5.41) is 20.8. The number of hydrogen-bond acceptors (Lipinski definition) is 6. The van der Waals surface area contributed by atoms with Crippen LogP contribution in [0.15, 0.2) is 18.3 Å². The number of anilines is 3. The highest BCUT2D eigenvalue weighted by Crippen LogP contribution is 2.58. The van der Waals surface area contributed by atoms with Gasteiger partial charge in [0.25, 0.3) is 0 Å². The molecule has 0 radical (unpaired) electrons. The Hall–Kier alpha value is -2.15. The number of nitrogens with zero attached hydrogens (tertiary/aromatic N) is 4. The molecule has 0 amide bonds. The second kappa shape index (κ2) is 5.67. The maximum Gasteiger partial charge on any atom is 0.227 e. The molecule has 5 aliphatic rings. The fourth-order valence-electron chi connectivity index (χ4n) is 6.17. The molecule has 2 aromatic heterocycles. The van der Waals surface area contributed by atoms with Gasteiger partial charge in [0.05, 0.1) is 6.61 Å². The lowest BCUT2D eigenvalue weighted by Gasteiger charge is -2.34. The fraction of sp³-hybridized carbons (Fsp3) is 0.650. The number of rotatable bonds is 5. The molecule has 3 heterocycles. The van der Waals surface area contributed by atoms with Gasteiger partial charge in [-0.3, -0.25) is 5.10 Å². The van der Waals surface area contributed by atoms with Gasteiger partial charge in [0.1, 0.15) is 5.82 Å². The van der Waals surface area contributed by atoms with Crippen molar-refractivity contribution in [3.8, 4) is 0 Å². The topological polar surface area (TPSA) is 90.0 Å². The van der Waals surface area contributed by atoms with Crippen LogP contribution in [0.25, 0.3) is 0 Å². The summed E-state index contributed by atoms with van der Waals surface area (Å²) in [5.74, 6) is 4.76. The van der Waals surface area contributed by atoms with E-state index in [-0.39, 0.29) is 12.0 Å². The molecule has 4 atom stereocenters. The van der Waals surface area contributed by atoms with E-state index < -0.39 is 0 Å². The highest BCUT2D eigenvalue weighted by atomic mass is 16.3. The molecule has 4 bridgehead atoms. The zero-order chi connectivity index (χ0) is 18.0. The molecule has 5 fully saturated rings. The van der Waals surface area contributed by atoms with E-state index in [1.807, 2.05) is 12.3 Å². The summed E-state index contributed by atoms with van der Waals surface area (Å²) in [5.41, 5.74) is 1.32. The number of piperidine rings is 1. The molecular weight excluding hydrogens is 340 g/mol. The minimum absolute atomic E-state index is 0.0523. The highest BCUT2D eigenvalue weighted by Gasteiger charge is 2.50. The van der Waals surface area contributed by atoms with Crippen molar-refractivity contribution in [3.63, 3.8) is 0 Å². The van der Waals surface area contributed by atoms with Gasteiger partial charge in [-0.15, -0.1) is 0 Å². The molecule has 7 nitrogen and oxygen atoms in total. The van der Waals surface area contributed by atoms with Gasteiger partial charge in [-0.25, -0.2) is 4.98 Å². The average molecular weight is 366 g/mol. The number of fused-ring (bicyclic) bond motifs is 3. The number of aromatic nitrogens is 4. The Morgan fingerprint density at radius 2 is 2.15 bits per heavy atom. The maximum absolute atomic E-state index is 9.78. The second-order valence-corrected chi connectivity index (χ2v) is 9.12. The number of aliphatic hydroxyl groups excluding tert-OH is 1. The van der Waals surface area contributed by atoms with Crippen molar-refractivity contribution in [2.45, 2.75) is 50.5 Å². The van der Waals surface area contributed by atoms with E-state index in [1.54, 1.807) is 0 Å². The molecule has 1 aliphatic heterocycles. The minimum atomic E-state index is 0.0523. The summed E-state index contributed by atoms with van der Waals surface area (Å²) >= 11 is 0. The van der Waals surface area contributed by atoms with Crippen molar-refractivity contribution >= 4 is 17.6 Å². The minimum Gasteiger partial charge on any atom is -0.396 e. The third-order valence-electron chi connectivity index (χ3n) is 7.60. The Kier molecular flexibility index (Phi) is 3.33. The van der Waals surface area contributed by atoms with Crippen molar-refractivity contribution in [2.24, 2.45) is 17.3 Å². The summed E-state index contributed by atoms with van der Waals surface area (Å²) in [6, 6.07) is 4.50. The van der Waals surface area contributed by atoms with Gasteiger partial charge < -0.3 is 15.3 Å². The normalized spacial score (nSPS) is 36.3. The first-order valence-corrected chi connectivity index (χ1v) is 10.3. The van der Waals surface area contributed by atoms with E-state index in [0.717, 1.165) is 55.2 Å². The summed E-state index contributed by atoms with van der Waals surface area (Å²) in [6.07, 6.45) is 9.24. The second-order valence-electron chi connectivity index (χ2n) is 9.12. The van der Waals surface area contributed by atoms with Crippen LogP contribution in [0.3, 0.4) is 0 Å². The first kappa shape index (κ1) is 15.9. The lowest BCUT2D eigenvalue weighted by Crippen LogP contribution is -2.37. The third kappa shape index (κ3) is 2.40. The van der Waals surface area contributed by atoms with Crippen molar-refractivity contribution in [1.82, 2.24) is 20.2 Å². The van der Waals surface area contributed by atoms with Gasteiger partial charge in [0.15, 0.2) is 5.82 Å². The van der Waals surface area contributed by atoms with Gasteiger partial charge in [0, 0.05) is 41.9 Å². The highest BCUT2D eigenvalue weighted by molar-refractivity contribution is 5.54. The fourth-order valence-corrected chi connectivity index (χ4v) is 6.17. The van der Waals surface area contributed by atoms with Crippen LogP contribution >= 0.6 is 0 Å². The number of aromatic amines is 1. The van der Waals surface area contributed by atoms with Gasteiger partial charge in [-0.05, 0) is 56.4 Å². The standard InChI is InChI=1S/C20H26N6O/c27-11-20-5-3-14(9-20)26(10-20)19-21-6-4-16(23-19)22-17-8-15(24-25-17)18-12-1-2-13(18)7-12/h4,6,8,12-14,18,27H,1-3,5,7,9-11H2,(H2,21,22,23,24,25). The van der Waals surface area contributed by atoms with E-state index in [2.05, 4.69) is 31.5 Å². The van der Waals surface area contributed by atoms with Crippen LogP contribution in [0.5, 0.6) is 0 Å². The van der Waals surface area contributed by atoms with Crippen LogP contribution in [-0.2, 0) is 0 Å². The largest absolute Gasteiger partial charge is 0.396 e.